The molecule has 0 spiro atoms. The second-order valence-electron chi connectivity index (χ2n) is 4.23. The Kier molecular flexibility index (Phi) is 6.36. The Labute approximate surface area is 118 Å². The first-order valence-electron chi connectivity index (χ1n) is 6.33. The van der Waals surface area contributed by atoms with Crippen LogP contribution < -0.4 is 10.6 Å². The minimum Gasteiger partial charge on any atom is -0.352 e. The molecule has 2 N–H and O–H groups in total. The molecule has 0 aliphatic heterocycles. The molecule has 0 bridgehead atoms. The molecule has 1 rings (SSSR count). The average molecular weight is 283 g/mol. The summed E-state index contributed by atoms with van der Waals surface area (Å²) >= 11 is 5.55. The van der Waals surface area contributed by atoms with Crippen LogP contribution in [0, 0.1) is 6.92 Å². The lowest BCUT2D eigenvalue weighted by molar-refractivity contribution is -0.116. The van der Waals surface area contributed by atoms with Gasteiger partial charge in [0.15, 0.2) is 0 Å². The summed E-state index contributed by atoms with van der Waals surface area (Å²) in [7, 11) is 0. The van der Waals surface area contributed by atoms with Crippen LogP contribution in [0.25, 0.3) is 0 Å². The molecule has 0 atom stereocenters. The lowest BCUT2D eigenvalue weighted by Crippen LogP contribution is -2.23. The first-order chi connectivity index (χ1) is 9.08. The third kappa shape index (κ3) is 4.91. The van der Waals surface area contributed by atoms with E-state index in [1.165, 1.54) is 0 Å². The summed E-state index contributed by atoms with van der Waals surface area (Å²) < 4.78 is 0. The smallest absolute Gasteiger partial charge is 0.251 e. The van der Waals surface area contributed by atoms with E-state index >= 15 is 0 Å². The van der Waals surface area contributed by atoms with Crippen LogP contribution in [0.2, 0.25) is 0 Å². The molecule has 1 aromatic carbocycles. The van der Waals surface area contributed by atoms with Crippen LogP contribution in [0.15, 0.2) is 18.2 Å². The van der Waals surface area contributed by atoms with E-state index in [-0.39, 0.29) is 11.8 Å². The van der Waals surface area contributed by atoms with E-state index in [0.29, 0.717) is 36.5 Å². The number of amides is 2. The monoisotopic (exact) mass is 282 g/mol. The summed E-state index contributed by atoms with van der Waals surface area (Å²) in [5.74, 6) is 0.237. The predicted molar refractivity (Wildman–Crippen MR) is 77.8 cm³/mol. The van der Waals surface area contributed by atoms with E-state index in [9.17, 15) is 9.59 Å². The van der Waals surface area contributed by atoms with Crippen LogP contribution in [-0.4, -0.2) is 24.2 Å². The minimum atomic E-state index is -0.140. The molecular weight excluding hydrogens is 264 g/mol. The number of carbonyl (C=O) groups is 2. The number of anilines is 1. The maximum Gasteiger partial charge on any atom is 0.251 e. The van der Waals surface area contributed by atoms with Crippen LogP contribution in [0.4, 0.5) is 5.69 Å². The molecule has 0 fully saturated rings. The molecule has 0 aromatic heterocycles. The van der Waals surface area contributed by atoms with E-state index in [0.717, 1.165) is 5.56 Å². The van der Waals surface area contributed by atoms with Gasteiger partial charge in [0.1, 0.15) is 0 Å². The standard InChI is InChI=1S/C14H19ClN2O2/c1-3-16-14(19)11-7-6-10(2)12(9-11)17-13(18)5-4-8-15/h6-7,9H,3-5,8H2,1-2H3,(H,16,19)(H,17,18). The number of aryl methyl sites for hydroxylation is 1. The van der Waals surface area contributed by atoms with Gasteiger partial charge in [-0.2, -0.15) is 0 Å². The van der Waals surface area contributed by atoms with E-state index in [2.05, 4.69) is 10.6 Å². The summed E-state index contributed by atoms with van der Waals surface area (Å²) in [6.45, 7) is 4.32. The molecule has 2 amide bonds. The third-order valence-corrected chi connectivity index (χ3v) is 2.92. The Hall–Kier alpha value is -1.55. The van der Waals surface area contributed by atoms with Crippen molar-refractivity contribution in [2.24, 2.45) is 0 Å². The topological polar surface area (TPSA) is 58.2 Å². The van der Waals surface area contributed by atoms with Gasteiger partial charge < -0.3 is 10.6 Å². The Morgan fingerprint density at radius 3 is 2.68 bits per heavy atom. The van der Waals surface area contributed by atoms with Crippen molar-refractivity contribution in [3.8, 4) is 0 Å². The minimum absolute atomic E-state index is 0.0863. The molecule has 4 nitrogen and oxygen atoms in total. The van der Waals surface area contributed by atoms with Gasteiger partial charge in [-0.1, -0.05) is 6.07 Å². The van der Waals surface area contributed by atoms with Crippen molar-refractivity contribution in [1.29, 1.82) is 0 Å². The summed E-state index contributed by atoms with van der Waals surface area (Å²) in [6, 6.07) is 5.26. The zero-order valence-electron chi connectivity index (χ0n) is 11.3. The zero-order valence-corrected chi connectivity index (χ0v) is 12.0. The molecule has 104 valence electrons. The van der Waals surface area contributed by atoms with Gasteiger partial charge in [-0.15, -0.1) is 11.6 Å². The number of benzene rings is 1. The van der Waals surface area contributed by atoms with Crippen molar-refractivity contribution in [2.45, 2.75) is 26.7 Å². The highest BCUT2D eigenvalue weighted by molar-refractivity contribution is 6.18. The number of hydrogen-bond acceptors (Lipinski definition) is 2. The van der Waals surface area contributed by atoms with E-state index in [4.69, 9.17) is 11.6 Å². The van der Waals surface area contributed by atoms with Crippen LogP contribution in [0.5, 0.6) is 0 Å². The van der Waals surface area contributed by atoms with E-state index in [1.807, 2.05) is 19.9 Å². The van der Waals surface area contributed by atoms with Crippen LogP contribution in [0.1, 0.15) is 35.7 Å². The van der Waals surface area contributed by atoms with Gasteiger partial charge in [0, 0.05) is 30.1 Å². The fourth-order valence-corrected chi connectivity index (χ4v) is 1.73. The summed E-state index contributed by atoms with van der Waals surface area (Å²) in [5.41, 5.74) is 2.13. The molecule has 0 saturated heterocycles. The van der Waals surface area contributed by atoms with Gasteiger partial charge in [0.25, 0.3) is 5.91 Å². The van der Waals surface area contributed by atoms with Gasteiger partial charge >= 0.3 is 0 Å². The second-order valence-corrected chi connectivity index (χ2v) is 4.61. The van der Waals surface area contributed by atoms with Gasteiger partial charge in [-0.25, -0.2) is 0 Å². The molecular formula is C14H19ClN2O2. The molecule has 0 radical (unpaired) electrons. The Balaban J connectivity index is 2.79. The summed E-state index contributed by atoms with van der Waals surface area (Å²) in [6.07, 6.45) is 1.02. The quantitative estimate of drug-likeness (QED) is 0.788. The molecule has 1 aromatic rings. The van der Waals surface area contributed by atoms with Crippen molar-refractivity contribution in [1.82, 2.24) is 5.32 Å². The Morgan fingerprint density at radius 2 is 2.05 bits per heavy atom. The molecule has 0 aliphatic rings. The summed E-state index contributed by atoms with van der Waals surface area (Å²) in [5, 5.41) is 5.53. The number of alkyl halides is 1. The van der Waals surface area contributed by atoms with Gasteiger partial charge in [-0.05, 0) is 38.0 Å². The SMILES string of the molecule is CCNC(=O)c1ccc(C)c(NC(=O)CCCCl)c1. The largest absolute Gasteiger partial charge is 0.352 e. The highest BCUT2D eigenvalue weighted by Gasteiger charge is 2.09. The molecule has 0 heterocycles. The van der Waals surface area contributed by atoms with Crippen LogP contribution in [-0.2, 0) is 4.79 Å². The molecule has 5 heteroatoms. The normalized spacial score (nSPS) is 10.1. The third-order valence-electron chi connectivity index (χ3n) is 2.65. The number of nitrogens with one attached hydrogen (secondary N) is 2. The first kappa shape index (κ1) is 15.5. The second kappa shape index (κ2) is 7.79. The van der Waals surface area contributed by atoms with Crippen molar-refractivity contribution in [3.63, 3.8) is 0 Å². The van der Waals surface area contributed by atoms with Crippen LogP contribution >= 0.6 is 11.6 Å². The maximum absolute atomic E-state index is 11.7. The molecule has 0 saturated carbocycles. The predicted octanol–water partition coefficient (Wildman–Crippen LogP) is 2.70. The van der Waals surface area contributed by atoms with Crippen molar-refractivity contribution in [2.75, 3.05) is 17.7 Å². The van der Waals surface area contributed by atoms with Crippen molar-refractivity contribution >= 4 is 29.1 Å². The fraction of sp³-hybridized carbons (Fsp3) is 0.429. The average Bonchev–Trinajstić information content (AvgIpc) is 2.39. The molecule has 0 aliphatic carbocycles. The first-order valence-corrected chi connectivity index (χ1v) is 6.86. The Bertz CT molecular complexity index is 461. The van der Waals surface area contributed by atoms with E-state index < -0.39 is 0 Å². The number of hydrogen-bond donors (Lipinski definition) is 2. The fourth-order valence-electron chi connectivity index (χ4n) is 1.60. The van der Waals surface area contributed by atoms with Gasteiger partial charge in [0.05, 0.1) is 0 Å². The zero-order chi connectivity index (χ0) is 14.3. The highest BCUT2D eigenvalue weighted by atomic mass is 35.5. The van der Waals surface area contributed by atoms with Crippen molar-refractivity contribution in [3.05, 3.63) is 29.3 Å². The highest BCUT2D eigenvalue weighted by Crippen LogP contribution is 2.17. The van der Waals surface area contributed by atoms with Crippen molar-refractivity contribution < 1.29 is 9.59 Å². The lowest BCUT2D eigenvalue weighted by Gasteiger charge is -2.10. The van der Waals surface area contributed by atoms with Gasteiger partial charge in [0.2, 0.25) is 5.91 Å². The Morgan fingerprint density at radius 1 is 1.32 bits per heavy atom. The summed E-state index contributed by atoms with van der Waals surface area (Å²) in [4.78, 5) is 23.4. The van der Waals surface area contributed by atoms with E-state index in [1.54, 1.807) is 12.1 Å². The lowest BCUT2D eigenvalue weighted by atomic mass is 10.1. The number of halogens is 1. The molecule has 0 unspecified atom stereocenters. The number of carbonyl (C=O) groups excluding carboxylic acids is 2. The van der Waals surface area contributed by atoms with Crippen LogP contribution in [0.3, 0.4) is 0 Å². The maximum atomic E-state index is 11.7. The van der Waals surface area contributed by atoms with Gasteiger partial charge in [-0.3, -0.25) is 9.59 Å². The molecule has 19 heavy (non-hydrogen) atoms. The number of rotatable bonds is 6.